The van der Waals surface area contributed by atoms with Gasteiger partial charge in [0.05, 0.1) is 38.6 Å². The second-order valence-corrected chi connectivity index (χ2v) is 23.2. The summed E-state index contributed by atoms with van der Waals surface area (Å²) >= 11 is 0. The first-order valence-electron chi connectivity index (χ1n) is 26.6. The number of ketones is 2. The van der Waals surface area contributed by atoms with E-state index in [1.807, 2.05) is 13.8 Å². The molecule has 4 saturated heterocycles. The third-order valence-corrected chi connectivity index (χ3v) is 18.6. The number of hydrogen-bond acceptors (Lipinski definition) is 23. The van der Waals surface area contributed by atoms with Gasteiger partial charge in [0.2, 0.25) is 0 Å². The maximum Gasteiger partial charge on any atom is 0.187 e. The Kier molecular flexibility index (Phi) is 18.6. The molecular weight excluding hydrogens is 981 g/mol. The van der Waals surface area contributed by atoms with Crippen molar-refractivity contribution < 1.29 is 114 Å². The van der Waals surface area contributed by atoms with Crippen molar-refractivity contribution in [1.29, 1.82) is 0 Å². The Bertz CT molecular complexity index is 1940. The van der Waals surface area contributed by atoms with Gasteiger partial charge in [-0.1, -0.05) is 39.3 Å². The first-order valence-corrected chi connectivity index (χ1v) is 26.6. The van der Waals surface area contributed by atoms with Gasteiger partial charge < -0.3 is 104 Å². The van der Waals surface area contributed by atoms with Crippen LogP contribution in [0.1, 0.15) is 92.4 Å². The number of carbonyl (C=O) groups is 2. The maximum atomic E-state index is 14.1. The molecular formula is C51H82O23. The number of aliphatic hydroxyl groups is 13. The van der Waals surface area contributed by atoms with E-state index in [-0.39, 0.29) is 53.7 Å². The number of hydrogen-bond donors (Lipinski definition) is 13. The van der Waals surface area contributed by atoms with Crippen LogP contribution in [0, 0.1) is 46.3 Å². The minimum Gasteiger partial charge on any atom is -0.394 e. The summed E-state index contributed by atoms with van der Waals surface area (Å²) in [6.45, 7) is 7.62. The van der Waals surface area contributed by atoms with Gasteiger partial charge in [-0.15, -0.1) is 0 Å². The third kappa shape index (κ3) is 11.0. The van der Waals surface area contributed by atoms with Gasteiger partial charge in [0.15, 0.2) is 25.2 Å². The number of Topliss-reactive ketones (excluding diaryl/α,β-unsaturated/α-hetero) is 2. The van der Waals surface area contributed by atoms with Crippen LogP contribution in [0.3, 0.4) is 0 Å². The number of rotatable bonds is 17. The van der Waals surface area contributed by atoms with E-state index in [4.69, 9.17) is 37.9 Å². The van der Waals surface area contributed by atoms with Crippen LogP contribution < -0.4 is 0 Å². The molecule has 0 aromatic heterocycles. The fourth-order valence-corrected chi connectivity index (χ4v) is 14.0. The average Bonchev–Trinajstić information content (AvgIpc) is 3.66. The first kappa shape index (κ1) is 58.4. The molecule has 14 unspecified atom stereocenters. The molecule has 4 aliphatic carbocycles. The summed E-state index contributed by atoms with van der Waals surface area (Å²) in [5.41, 5.74) is 0.520. The van der Waals surface area contributed by atoms with Gasteiger partial charge in [-0.05, 0) is 86.4 Å². The Hall–Kier alpha value is -1.76. The average molecular weight is 1060 g/mol. The van der Waals surface area contributed by atoms with Crippen molar-refractivity contribution in [2.24, 2.45) is 46.3 Å². The second kappa shape index (κ2) is 23.5. The molecule has 13 N–H and O–H groups in total. The first-order chi connectivity index (χ1) is 35.0. The molecule has 0 amide bonds. The van der Waals surface area contributed by atoms with E-state index >= 15 is 0 Å². The fraction of sp³-hybridized carbons (Fsp3) is 0.922. The van der Waals surface area contributed by atoms with Gasteiger partial charge in [0.25, 0.3) is 0 Å². The quantitative estimate of drug-likeness (QED) is 0.0648. The van der Waals surface area contributed by atoms with Crippen LogP contribution in [-0.2, 0) is 47.5 Å². The van der Waals surface area contributed by atoms with Crippen molar-refractivity contribution in [3.05, 3.63) is 11.6 Å². The molecule has 7 fully saturated rings. The van der Waals surface area contributed by atoms with Crippen LogP contribution in [-0.4, -0.2) is 233 Å². The van der Waals surface area contributed by atoms with Crippen LogP contribution in [0.25, 0.3) is 0 Å². The predicted octanol–water partition coefficient (Wildman–Crippen LogP) is -2.96. The Balaban J connectivity index is 0.919. The van der Waals surface area contributed by atoms with Gasteiger partial charge in [-0.25, -0.2) is 0 Å². The summed E-state index contributed by atoms with van der Waals surface area (Å²) in [6, 6.07) is 0. The Morgan fingerprint density at radius 1 is 0.649 bits per heavy atom. The minimum atomic E-state index is -1.87. The Morgan fingerprint density at radius 3 is 1.85 bits per heavy atom. The van der Waals surface area contributed by atoms with E-state index in [2.05, 4.69) is 19.9 Å². The number of carbonyl (C=O) groups excluding carboxylic acids is 2. The summed E-state index contributed by atoms with van der Waals surface area (Å²) < 4.78 is 47.4. The highest BCUT2D eigenvalue weighted by atomic mass is 16.8. The highest BCUT2D eigenvalue weighted by Gasteiger charge is 2.63. The van der Waals surface area contributed by atoms with Crippen molar-refractivity contribution in [2.45, 2.75) is 221 Å². The SMILES string of the molecule is CC1O[C@@H](OC2C(O)[C@H](O[C@@H]3OC(CO)[C@@H](O)C(O)C3O)C(CO)O[C@H]2OC2CC[C@@]3(C)C(=CC[C@@H]4[C@@H]3CC[C@]3(C)C([C@H](C)C(=O)CC[C@@H](C)CO[C@@H]5OC(CO)[C@@H](O)C(O)C5O)C(=O)C[C@@H]43)C2)C(O)C(O)[C@H]1O. The zero-order chi connectivity index (χ0) is 53.9. The molecule has 8 aliphatic rings. The van der Waals surface area contributed by atoms with Crippen LogP contribution in [0.15, 0.2) is 11.6 Å². The van der Waals surface area contributed by atoms with Gasteiger partial charge >= 0.3 is 0 Å². The molecule has 74 heavy (non-hydrogen) atoms. The monoisotopic (exact) mass is 1060 g/mol. The van der Waals surface area contributed by atoms with Crippen molar-refractivity contribution in [2.75, 3.05) is 26.4 Å². The normalized spacial score (nSPS) is 50.5. The lowest BCUT2D eigenvalue weighted by atomic mass is 9.47. The molecule has 3 saturated carbocycles. The van der Waals surface area contributed by atoms with E-state index in [1.165, 1.54) is 12.5 Å². The number of allylic oxidation sites excluding steroid dienone is 1. The van der Waals surface area contributed by atoms with Gasteiger partial charge in [-0.2, -0.15) is 0 Å². The molecule has 0 radical (unpaired) electrons. The second-order valence-electron chi connectivity index (χ2n) is 23.2. The molecule has 0 aromatic carbocycles. The number of fused-ring (bicyclic) bond motifs is 5. The van der Waals surface area contributed by atoms with Gasteiger partial charge in [0, 0.05) is 24.7 Å². The molecule has 4 aliphatic heterocycles. The Labute approximate surface area is 430 Å². The lowest BCUT2D eigenvalue weighted by Gasteiger charge is -2.58. The zero-order valence-corrected chi connectivity index (χ0v) is 42.8. The van der Waals surface area contributed by atoms with Crippen molar-refractivity contribution >= 4 is 11.6 Å². The number of aliphatic hydroxyl groups excluding tert-OH is 13. The van der Waals surface area contributed by atoms with Crippen LogP contribution >= 0.6 is 0 Å². The summed E-state index contributed by atoms with van der Waals surface area (Å²) in [6.07, 6.45) is -24.0. The number of ether oxygens (including phenoxy) is 8. The van der Waals surface area contributed by atoms with Crippen LogP contribution in [0.4, 0.5) is 0 Å². The van der Waals surface area contributed by atoms with Crippen LogP contribution in [0.5, 0.6) is 0 Å². The maximum absolute atomic E-state index is 14.1. The summed E-state index contributed by atoms with van der Waals surface area (Å²) in [5, 5.41) is 136. The zero-order valence-electron chi connectivity index (χ0n) is 42.8. The molecule has 424 valence electrons. The van der Waals surface area contributed by atoms with E-state index in [0.29, 0.717) is 38.5 Å². The predicted molar refractivity (Wildman–Crippen MR) is 250 cm³/mol. The van der Waals surface area contributed by atoms with E-state index < -0.39 is 166 Å². The lowest BCUT2D eigenvalue weighted by Crippen LogP contribution is -2.67. The highest BCUT2D eigenvalue weighted by Crippen LogP contribution is 2.66. The highest BCUT2D eigenvalue weighted by molar-refractivity contribution is 5.92. The Morgan fingerprint density at radius 2 is 1.22 bits per heavy atom. The van der Waals surface area contributed by atoms with Crippen molar-refractivity contribution in [3.63, 3.8) is 0 Å². The largest absolute Gasteiger partial charge is 0.394 e. The molecule has 0 bridgehead atoms. The smallest absolute Gasteiger partial charge is 0.187 e. The van der Waals surface area contributed by atoms with E-state index in [0.717, 1.165) is 12.8 Å². The van der Waals surface area contributed by atoms with Gasteiger partial charge in [0.1, 0.15) is 103 Å². The topological polar surface area (TPSA) is 371 Å². The fourth-order valence-electron chi connectivity index (χ4n) is 14.0. The molecule has 0 spiro atoms. The van der Waals surface area contributed by atoms with Crippen LogP contribution in [0.2, 0.25) is 0 Å². The molecule has 23 nitrogen and oxygen atoms in total. The molecule has 4 heterocycles. The standard InChI is InChI=1S/C51H82O23/c1-20(19-67-46-40(63)38(61)35(58)30(16-52)70-46)6-9-28(55)21(2)33-29(56)15-27-25-8-7-23-14-24(10-12-50(23,4)26(25)11-13-51(27,33)5)69-49-45(74-47-41(64)37(60)34(57)22(3)68-47)43(66)44(32(18-54)72-49)73-48-42(65)39(62)36(59)31(17-53)71-48/h7,20-22,24-27,30-49,52-54,57-66H,6,8-19H2,1-5H3/t20-,21-,22?,24?,25-,26+,27+,30?,31?,32?,33?,34+,35-,36-,37?,38?,39?,40?,41?,42?,43?,44-,45?,46-,47+,48+,49-,50+,51+/m1/s1. The lowest BCUT2D eigenvalue weighted by molar-refractivity contribution is -0.389. The summed E-state index contributed by atoms with van der Waals surface area (Å²) in [7, 11) is 0. The van der Waals surface area contributed by atoms with E-state index in [9.17, 15) is 76.0 Å². The third-order valence-electron chi connectivity index (χ3n) is 18.6. The van der Waals surface area contributed by atoms with Crippen molar-refractivity contribution in [3.8, 4) is 0 Å². The van der Waals surface area contributed by atoms with E-state index in [1.54, 1.807) is 0 Å². The molecule has 8 rings (SSSR count). The minimum absolute atomic E-state index is 0.0131. The van der Waals surface area contributed by atoms with Gasteiger partial charge in [-0.3, -0.25) is 9.59 Å². The van der Waals surface area contributed by atoms with Crippen molar-refractivity contribution in [1.82, 2.24) is 0 Å². The molecule has 0 aromatic rings. The molecule has 23 heteroatoms. The summed E-state index contributed by atoms with van der Waals surface area (Å²) in [4.78, 5) is 28.0. The molecule has 29 atom stereocenters. The summed E-state index contributed by atoms with van der Waals surface area (Å²) in [5.74, 6) is -0.523.